The lowest BCUT2D eigenvalue weighted by Gasteiger charge is -2.19. The third-order valence-electron chi connectivity index (χ3n) is 4.76. The lowest BCUT2D eigenvalue weighted by Crippen LogP contribution is -2.16. The van der Waals surface area contributed by atoms with Gasteiger partial charge in [-0.25, -0.2) is 0 Å². The molecular formula is C24H29N5O4S. The maximum atomic E-state index is 12.5. The highest BCUT2D eigenvalue weighted by Crippen LogP contribution is 2.28. The summed E-state index contributed by atoms with van der Waals surface area (Å²) in [4.78, 5) is 23.6. The molecule has 0 aliphatic carbocycles. The summed E-state index contributed by atoms with van der Waals surface area (Å²) in [5.74, 6) is 2.00. The first-order valence-corrected chi connectivity index (χ1v) is 11.8. The van der Waals surface area contributed by atoms with Gasteiger partial charge in [0.2, 0.25) is 11.8 Å². The van der Waals surface area contributed by atoms with Crippen LogP contribution in [0.2, 0.25) is 0 Å². The van der Waals surface area contributed by atoms with E-state index in [1.54, 1.807) is 31.4 Å². The lowest BCUT2D eigenvalue weighted by atomic mass is 10.3. The predicted octanol–water partition coefficient (Wildman–Crippen LogP) is 4.70. The van der Waals surface area contributed by atoms with Gasteiger partial charge in [-0.3, -0.25) is 9.59 Å². The average molecular weight is 484 g/mol. The number of carbonyl (C=O) groups excluding carboxylic acids is 2. The summed E-state index contributed by atoms with van der Waals surface area (Å²) in [5.41, 5.74) is 1.32. The van der Waals surface area contributed by atoms with Gasteiger partial charge < -0.3 is 24.7 Å². The van der Waals surface area contributed by atoms with Crippen LogP contribution in [-0.4, -0.2) is 39.4 Å². The van der Waals surface area contributed by atoms with E-state index in [0.29, 0.717) is 28.1 Å². The Morgan fingerprint density at radius 1 is 0.941 bits per heavy atom. The molecule has 180 valence electrons. The summed E-state index contributed by atoms with van der Waals surface area (Å²) >= 11 is 1.31. The van der Waals surface area contributed by atoms with Crippen LogP contribution in [0.1, 0.15) is 45.7 Å². The molecule has 1 unspecified atom stereocenters. The molecule has 34 heavy (non-hydrogen) atoms. The van der Waals surface area contributed by atoms with E-state index in [1.807, 2.05) is 49.6 Å². The zero-order valence-electron chi connectivity index (χ0n) is 19.9. The zero-order valence-corrected chi connectivity index (χ0v) is 20.7. The van der Waals surface area contributed by atoms with Gasteiger partial charge in [0.15, 0.2) is 17.1 Å². The number of amides is 2. The first-order chi connectivity index (χ1) is 16.3. The minimum absolute atomic E-state index is 0.0822. The first kappa shape index (κ1) is 25.1. The minimum Gasteiger partial charge on any atom is -0.497 e. The number of rotatable bonds is 10. The van der Waals surface area contributed by atoms with E-state index < -0.39 is 0 Å². The normalized spacial score (nSPS) is 11.7. The summed E-state index contributed by atoms with van der Waals surface area (Å²) in [7, 11) is 1.62. The van der Waals surface area contributed by atoms with Crippen molar-refractivity contribution in [2.24, 2.45) is 0 Å². The standard InChI is InChI=1S/C24H29N5O4S/c1-15(2)29-23(16(3)33-21-12-10-20(32-5)11-13-21)27-28-24(29)34-14-22(31)26-19-8-6-18(7-9-19)25-17(4)30/h6-13,15-16H,14H2,1-5H3,(H,25,30)(H,26,31). The van der Waals surface area contributed by atoms with Crippen LogP contribution >= 0.6 is 11.8 Å². The number of benzene rings is 2. The molecule has 0 bridgehead atoms. The van der Waals surface area contributed by atoms with Crippen LogP contribution in [0.25, 0.3) is 0 Å². The molecule has 0 saturated heterocycles. The second-order valence-electron chi connectivity index (χ2n) is 7.84. The molecule has 0 radical (unpaired) electrons. The topological polar surface area (TPSA) is 107 Å². The van der Waals surface area contributed by atoms with Crippen LogP contribution in [0.5, 0.6) is 11.5 Å². The van der Waals surface area contributed by atoms with Crippen LogP contribution in [-0.2, 0) is 9.59 Å². The number of hydrogen-bond donors (Lipinski definition) is 2. The van der Waals surface area contributed by atoms with Crippen molar-refractivity contribution in [3.05, 3.63) is 54.4 Å². The fourth-order valence-electron chi connectivity index (χ4n) is 3.23. The molecule has 2 amide bonds. The Balaban J connectivity index is 1.62. The highest BCUT2D eigenvalue weighted by molar-refractivity contribution is 7.99. The van der Waals surface area contributed by atoms with Crippen molar-refractivity contribution in [2.45, 2.75) is 45.0 Å². The number of nitrogens with one attached hydrogen (secondary N) is 2. The molecule has 10 heteroatoms. The minimum atomic E-state index is -0.339. The number of hydrogen-bond acceptors (Lipinski definition) is 7. The molecule has 1 atom stereocenters. The number of carbonyl (C=O) groups is 2. The molecular weight excluding hydrogens is 454 g/mol. The Morgan fingerprint density at radius 2 is 1.53 bits per heavy atom. The predicted molar refractivity (Wildman–Crippen MR) is 133 cm³/mol. The molecule has 3 aromatic rings. The number of thioether (sulfide) groups is 1. The second-order valence-corrected chi connectivity index (χ2v) is 8.78. The number of methoxy groups -OCH3 is 1. The molecule has 2 aromatic carbocycles. The molecule has 0 saturated carbocycles. The third kappa shape index (κ3) is 6.74. The Morgan fingerprint density at radius 3 is 2.09 bits per heavy atom. The largest absolute Gasteiger partial charge is 0.497 e. The summed E-state index contributed by atoms with van der Waals surface area (Å²) in [6.07, 6.45) is -0.339. The monoisotopic (exact) mass is 483 g/mol. The Labute approximate surface area is 203 Å². The highest BCUT2D eigenvalue weighted by Gasteiger charge is 2.22. The molecule has 2 N–H and O–H groups in total. The van der Waals surface area contributed by atoms with E-state index in [2.05, 4.69) is 20.8 Å². The van der Waals surface area contributed by atoms with Gasteiger partial charge in [-0.05, 0) is 69.3 Å². The van der Waals surface area contributed by atoms with E-state index in [9.17, 15) is 9.59 Å². The van der Waals surface area contributed by atoms with Gasteiger partial charge in [-0.2, -0.15) is 0 Å². The number of ether oxygens (including phenoxy) is 2. The van der Waals surface area contributed by atoms with Gasteiger partial charge in [0, 0.05) is 24.3 Å². The smallest absolute Gasteiger partial charge is 0.234 e. The zero-order chi connectivity index (χ0) is 24.7. The van der Waals surface area contributed by atoms with Crippen molar-refractivity contribution in [3.8, 4) is 11.5 Å². The fourth-order valence-corrected chi connectivity index (χ4v) is 4.10. The molecule has 0 aliphatic rings. The van der Waals surface area contributed by atoms with Gasteiger partial charge in [-0.1, -0.05) is 11.8 Å². The fraction of sp³-hybridized carbons (Fsp3) is 0.333. The average Bonchev–Trinajstić information content (AvgIpc) is 3.24. The Hall–Kier alpha value is -3.53. The molecule has 3 rings (SSSR count). The van der Waals surface area contributed by atoms with E-state index in [0.717, 1.165) is 5.75 Å². The lowest BCUT2D eigenvalue weighted by molar-refractivity contribution is -0.114. The van der Waals surface area contributed by atoms with Gasteiger partial charge in [0.1, 0.15) is 11.5 Å². The number of nitrogens with zero attached hydrogens (tertiary/aromatic N) is 3. The number of anilines is 2. The Bertz CT molecular complexity index is 1110. The van der Waals surface area contributed by atoms with Crippen LogP contribution in [0, 0.1) is 0 Å². The summed E-state index contributed by atoms with van der Waals surface area (Å²) in [5, 5.41) is 14.8. The molecule has 1 aromatic heterocycles. The summed E-state index contributed by atoms with van der Waals surface area (Å²) in [6.45, 7) is 7.43. The van der Waals surface area contributed by atoms with Crippen molar-refractivity contribution in [3.63, 3.8) is 0 Å². The number of aromatic nitrogens is 3. The van der Waals surface area contributed by atoms with Gasteiger partial charge in [-0.15, -0.1) is 10.2 Å². The van der Waals surface area contributed by atoms with Crippen molar-refractivity contribution in [2.75, 3.05) is 23.5 Å². The van der Waals surface area contributed by atoms with E-state index in [-0.39, 0.29) is 29.7 Å². The molecule has 0 spiro atoms. The van der Waals surface area contributed by atoms with Crippen LogP contribution in [0.15, 0.2) is 53.7 Å². The van der Waals surface area contributed by atoms with E-state index >= 15 is 0 Å². The quantitative estimate of drug-likeness (QED) is 0.403. The van der Waals surface area contributed by atoms with Gasteiger partial charge in [0.25, 0.3) is 0 Å². The summed E-state index contributed by atoms with van der Waals surface area (Å²) < 4.78 is 13.2. The molecule has 0 fully saturated rings. The van der Waals surface area contributed by atoms with Crippen LogP contribution in [0.4, 0.5) is 11.4 Å². The van der Waals surface area contributed by atoms with Gasteiger partial charge in [0.05, 0.1) is 12.9 Å². The molecule has 0 aliphatic heterocycles. The molecule has 9 nitrogen and oxygen atoms in total. The van der Waals surface area contributed by atoms with Crippen LogP contribution in [0.3, 0.4) is 0 Å². The van der Waals surface area contributed by atoms with Crippen molar-refractivity contribution >= 4 is 35.0 Å². The highest BCUT2D eigenvalue weighted by atomic mass is 32.2. The first-order valence-electron chi connectivity index (χ1n) is 10.8. The van der Waals surface area contributed by atoms with Crippen molar-refractivity contribution in [1.29, 1.82) is 0 Å². The molecule has 1 heterocycles. The SMILES string of the molecule is COc1ccc(OC(C)c2nnc(SCC(=O)Nc3ccc(NC(C)=O)cc3)n2C(C)C)cc1. The van der Waals surface area contributed by atoms with Crippen molar-refractivity contribution in [1.82, 2.24) is 14.8 Å². The second kappa shape index (κ2) is 11.6. The van der Waals surface area contributed by atoms with Crippen LogP contribution < -0.4 is 20.1 Å². The van der Waals surface area contributed by atoms with Gasteiger partial charge >= 0.3 is 0 Å². The van der Waals surface area contributed by atoms with E-state index in [4.69, 9.17) is 9.47 Å². The van der Waals surface area contributed by atoms with E-state index in [1.165, 1.54) is 18.7 Å². The Kier molecular flexibility index (Phi) is 8.53. The summed E-state index contributed by atoms with van der Waals surface area (Å²) in [6, 6.07) is 14.4. The maximum absolute atomic E-state index is 12.5. The maximum Gasteiger partial charge on any atom is 0.234 e. The third-order valence-corrected chi connectivity index (χ3v) is 5.71. The van der Waals surface area contributed by atoms with Crippen molar-refractivity contribution < 1.29 is 19.1 Å².